The Bertz CT molecular complexity index is 939. The summed E-state index contributed by atoms with van der Waals surface area (Å²) >= 11 is 0. The van der Waals surface area contributed by atoms with Gasteiger partial charge in [0, 0.05) is 24.7 Å². The SMILES string of the molecule is CCc1cn[nH]c1[C@@H]1CCCN(Cc2ccc(OCc3ccccc3)c(OC)c2)C1. The number of aromatic nitrogens is 2. The maximum Gasteiger partial charge on any atom is 0.161 e. The fourth-order valence-electron chi connectivity index (χ4n) is 4.31. The van der Waals surface area contributed by atoms with Crippen LogP contribution in [0.4, 0.5) is 0 Å². The van der Waals surface area contributed by atoms with E-state index in [1.807, 2.05) is 30.5 Å². The number of benzene rings is 2. The second kappa shape index (κ2) is 9.81. The average molecular weight is 406 g/mol. The highest BCUT2D eigenvalue weighted by Gasteiger charge is 2.24. The summed E-state index contributed by atoms with van der Waals surface area (Å²) in [6, 6.07) is 16.5. The molecule has 5 nitrogen and oxygen atoms in total. The van der Waals surface area contributed by atoms with Crippen LogP contribution in [-0.2, 0) is 19.6 Å². The van der Waals surface area contributed by atoms with E-state index in [-0.39, 0.29) is 0 Å². The number of hydrogen-bond acceptors (Lipinski definition) is 4. The molecule has 1 atom stereocenters. The number of hydrogen-bond donors (Lipinski definition) is 1. The fourth-order valence-corrected chi connectivity index (χ4v) is 4.31. The Hall–Kier alpha value is -2.79. The van der Waals surface area contributed by atoms with Crippen molar-refractivity contribution in [2.45, 2.75) is 45.3 Å². The Morgan fingerprint density at radius 1 is 1.10 bits per heavy atom. The molecule has 0 bridgehead atoms. The maximum absolute atomic E-state index is 6.00. The van der Waals surface area contributed by atoms with Gasteiger partial charge in [0.05, 0.1) is 13.3 Å². The average Bonchev–Trinajstić information content (AvgIpc) is 3.28. The first-order valence-corrected chi connectivity index (χ1v) is 10.8. The van der Waals surface area contributed by atoms with Gasteiger partial charge in [-0.05, 0) is 54.6 Å². The number of aryl methyl sites for hydroxylation is 1. The lowest BCUT2D eigenvalue weighted by atomic mass is 9.91. The van der Waals surface area contributed by atoms with Gasteiger partial charge < -0.3 is 9.47 Å². The Morgan fingerprint density at radius 3 is 2.77 bits per heavy atom. The number of likely N-dealkylation sites (tertiary alicyclic amines) is 1. The smallest absolute Gasteiger partial charge is 0.161 e. The van der Waals surface area contributed by atoms with Gasteiger partial charge >= 0.3 is 0 Å². The van der Waals surface area contributed by atoms with E-state index in [9.17, 15) is 0 Å². The van der Waals surface area contributed by atoms with Crippen LogP contribution < -0.4 is 9.47 Å². The fraction of sp³-hybridized carbons (Fsp3) is 0.400. The first-order valence-electron chi connectivity index (χ1n) is 10.8. The van der Waals surface area contributed by atoms with Gasteiger partial charge in [0.2, 0.25) is 0 Å². The normalized spacial score (nSPS) is 17.1. The van der Waals surface area contributed by atoms with E-state index < -0.39 is 0 Å². The second-order valence-electron chi connectivity index (χ2n) is 8.00. The molecule has 1 aromatic heterocycles. The van der Waals surface area contributed by atoms with Crippen LogP contribution in [0.2, 0.25) is 0 Å². The molecule has 0 amide bonds. The third kappa shape index (κ3) is 4.85. The molecule has 1 N–H and O–H groups in total. The molecule has 5 heteroatoms. The molecule has 158 valence electrons. The summed E-state index contributed by atoms with van der Waals surface area (Å²) in [6.45, 7) is 5.84. The van der Waals surface area contributed by atoms with Crippen molar-refractivity contribution in [1.82, 2.24) is 15.1 Å². The predicted octanol–water partition coefficient (Wildman–Crippen LogP) is 4.94. The molecule has 1 aliphatic rings. The minimum atomic E-state index is 0.534. The number of ether oxygens (including phenoxy) is 2. The molecule has 3 aromatic rings. The summed E-state index contributed by atoms with van der Waals surface area (Å²) in [4.78, 5) is 2.54. The van der Waals surface area contributed by atoms with E-state index in [4.69, 9.17) is 9.47 Å². The van der Waals surface area contributed by atoms with Gasteiger partial charge in [-0.25, -0.2) is 0 Å². The minimum Gasteiger partial charge on any atom is -0.493 e. The van der Waals surface area contributed by atoms with E-state index in [0.717, 1.165) is 43.1 Å². The lowest BCUT2D eigenvalue weighted by Crippen LogP contribution is -2.34. The van der Waals surface area contributed by atoms with Crippen molar-refractivity contribution < 1.29 is 9.47 Å². The standard InChI is InChI=1S/C25H31N3O2/c1-3-21-15-26-27-25(21)22-10-7-13-28(17-22)16-20-11-12-23(24(14-20)29-2)30-18-19-8-5-4-6-9-19/h4-6,8-9,11-12,14-15,22H,3,7,10,13,16-18H2,1-2H3,(H,26,27)/t22-/m1/s1. The summed E-state index contributed by atoms with van der Waals surface area (Å²) in [5, 5.41) is 7.53. The first-order chi connectivity index (χ1) is 14.8. The van der Waals surface area contributed by atoms with Gasteiger partial charge in [-0.15, -0.1) is 0 Å². The molecule has 1 aliphatic heterocycles. The van der Waals surface area contributed by atoms with E-state index in [2.05, 4.69) is 46.3 Å². The summed E-state index contributed by atoms with van der Waals surface area (Å²) < 4.78 is 11.6. The lowest BCUT2D eigenvalue weighted by molar-refractivity contribution is 0.197. The van der Waals surface area contributed by atoms with Crippen molar-refractivity contribution in [3.63, 3.8) is 0 Å². The topological polar surface area (TPSA) is 50.4 Å². The van der Waals surface area contributed by atoms with Crippen molar-refractivity contribution in [2.24, 2.45) is 0 Å². The summed E-state index contributed by atoms with van der Waals surface area (Å²) in [5.74, 6) is 2.11. The van der Waals surface area contributed by atoms with Crippen LogP contribution in [-0.4, -0.2) is 35.3 Å². The lowest BCUT2D eigenvalue weighted by Gasteiger charge is -2.32. The van der Waals surface area contributed by atoms with Crippen molar-refractivity contribution in [1.29, 1.82) is 0 Å². The summed E-state index contributed by atoms with van der Waals surface area (Å²) in [7, 11) is 1.70. The van der Waals surface area contributed by atoms with Crippen LogP contribution in [0.25, 0.3) is 0 Å². The van der Waals surface area contributed by atoms with E-state index in [0.29, 0.717) is 12.5 Å². The molecule has 0 radical (unpaired) electrons. The highest BCUT2D eigenvalue weighted by Crippen LogP contribution is 2.32. The van der Waals surface area contributed by atoms with Gasteiger partial charge in [0.15, 0.2) is 11.5 Å². The highest BCUT2D eigenvalue weighted by molar-refractivity contribution is 5.43. The van der Waals surface area contributed by atoms with Gasteiger partial charge in [-0.3, -0.25) is 10.00 Å². The van der Waals surface area contributed by atoms with Gasteiger partial charge in [-0.1, -0.05) is 43.3 Å². The van der Waals surface area contributed by atoms with Crippen LogP contribution >= 0.6 is 0 Å². The third-order valence-corrected chi connectivity index (χ3v) is 5.92. The number of methoxy groups -OCH3 is 1. The monoisotopic (exact) mass is 405 g/mol. The Kier molecular flexibility index (Phi) is 6.70. The Balaban J connectivity index is 1.40. The Labute approximate surface area is 179 Å². The number of nitrogens with one attached hydrogen (secondary N) is 1. The van der Waals surface area contributed by atoms with Crippen LogP contribution in [0.5, 0.6) is 11.5 Å². The molecule has 30 heavy (non-hydrogen) atoms. The van der Waals surface area contributed by atoms with Crippen LogP contribution in [0.1, 0.15) is 48.1 Å². The summed E-state index contributed by atoms with van der Waals surface area (Å²) in [5.41, 5.74) is 5.07. The molecule has 2 heterocycles. The van der Waals surface area contributed by atoms with E-state index >= 15 is 0 Å². The third-order valence-electron chi connectivity index (χ3n) is 5.92. The van der Waals surface area contributed by atoms with Crippen molar-refractivity contribution in [3.8, 4) is 11.5 Å². The van der Waals surface area contributed by atoms with Crippen molar-refractivity contribution in [2.75, 3.05) is 20.2 Å². The summed E-state index contributed by atoms with van der Waals surface area (Å²) in [6.07, 6.45) is 5.45. The molecule has 0 unspecified atom stereocenters. The number of aromatic amines is 1. The number of piperidine rings is 1. The minimum absolute atomic E-state index is 0.534. The number of nitrogens with zero attached hydrogens (tertiary/aromatic N) is 2. The molecule has 4 rings (SSSR count). The molecule has 0 saturated carbocycles. The van der Waals surface area contributed by atoms with Crippen molar-refractivity contribution >= 4 is 0 Å². The van der Waals surface area contributed by atoms with Crippen LogP contribution in [0.15, 0.2) is 54.7 Å². The zero-order chi connectivity index (χ0) is 20.8. The van der Waals surface area contributed by atoms with Crippen LogP contribution in [0, 0.1) is 0 Å². The van der Waals surface area contributed by atoms with Crippen LogP contribution in [0.3, 0.4) is 0 Å². The largest absolute Gasteiger partial charge is 0.493 e. The van der Waals surface area contributed by atoms with Crippen molar-refractivity contribution in [3.05, 3.63) is 77.1 Å². The number of rotatable bonds is 8. The molecule has 0 aliphatic carbocycles. The van der Waals surface area contributed by atoms with E-state index in [1.165, 1.54) is 29.7 Å². The molecule has 1 saturated heterocycles. The second-order valence-corrected chi connectivity index (χ2v) is 8.00. The Morgan fingerprint density at radius 2 is 1.97 bits per heavy atom. The molecule has 0 spiro atoms. The molecular weight excluding hydrogens is 374 g/mol. The zero-order valence-corrected chi connectivity index (χ0v) is 17.9. The van der Waals surface area contributed by atoms with Gasteiger partial charge in [-0.2, -0.15) is 5.10 Å². The first kappa shape index (κ1) is 20.5. The van der Waals surface area contributed by atoms with Gasteiger partial charge in [0.25, 0.3) is 0 Å². The number of H-pyrrole nitrogens is 1. The maximum atomic E-state index is 6.00. The molecule has 2 aromatic carbocycles. The quantitative estimate of drug-likeness (QED) is 0.577. The predicted molar refractivity (Wildman–Crippen MR) is 119 cm³/mol. The molecular formula is C25H31N3O2. The zero-order valence-electron chi connectivity index (χ0n) is 17.9. The molecule has 1 fully saturated rings. The highest BCUT2D eigenvalue weighted by atomic mass is 16.5. The van der Waals surface area contributed by atoms with E-state index in [1.54, 1.807) is 7.11 Å². The van der Waals surface area contributed by atoms with Gasteiger partial charge in [0.1, 0.15) is 6.61 Å².